The average Bonchev–Trinajstić information content (AvgIpc) is 2.69. The number of aliphatic carboxylic acids is 3. The van der Waals surface area contributed by atoms with Crippen LogP contribution in [0.1, 0.15) is 72.6 Å². The number of hydrogen-bond donors (Lipinski definition) is 2. The normalized spacial score (nSPS) is 16.7. The number of carboxylic acids is 3. The van der Waals surface area contributed by atoms with E-state index >= 15 is 0 Å². The van der Waals surface area contributed by atoms with E-state index in [4.69, 9.17) is 0 Å². The van der Waals surface area contributed by atoms with E-state index < -0.39 is 35.7 Å². The van der Waals surface area contributed by atoms with Crippen molar-refractivity contribution in [1.82, 2.24) is 0 Å². The van der Waals surface area contributed by atoms with Gasteiger partial charge in [-0.25, -0.2) is 0 Å². The molecule has 3 unspecified atom stereocenters. The van der Waals surface area contributed by atoms with E-state index in [1.807, 2.05) is 0 Å². The van der Waals surface area contributed by atoms with Crippen LogP contribution < -0.4 is 5.11 Å². The second-order valence-corrected chi connectivity index (χ2v) is 8.70. The first-order chi connectivity index (χ1) is 14.0. The minimum atomic E-state index is -1.09. The smallest absolute Gasteiger partial charge is 0.306 e. The van der Waals surface area contributed by atoms with E-state index in [-0.39, 0.29) is 0 Å². The van der Waals surface area contributed by atoms with Crippen molar-refractivity contribution in [3.05, 3.63) is 12.2 Å². The number of nitrogens with zero attached hydrogens (tertiary/aromatic N) is 1. The van der Waals surface area contributed by atoms with E-state index in [1.54, 1.807) is 20.8 Å². The van der Waals surface area contributed by atoms with Crippen LogP contribution in [0.5, 0.6) is 0 Å². The molecule has 0 fully saturated rings. The van der Waals surface area contributed by atoms with Gasteiger partial charge in [-0.15, -0.1) is 0 Å². The van der Waals surface area contributed by atoms with Gasteiger partial charge in [0.1, 0.15) is 0 Å². The average molecular weight is 428 g/mol. The van der Waals surface area contributed by atoms with Crippen LogP contribution in [0.15, 0.2) is 12.2 Å². The molecular weight excluding hydrogens is 386 g/mol. The molecule has 0 aliphatic heterocycles. The van der Waals surface area contributed by atoms with Crippen LogP contribution in [-0.2, 0) is 14.4 Å². The number of carboxylic acid groups (broad SMARTS) is 3. The first kappa shape index (κ1) is 28.1. The fourth-order valence-electron chi connectivity index (χ4n) is 3.34. The molecule has 0 amide bonds. The topological polar surface area (TPSA) is 115 Å². The second-order valence-electron chi connectivity index (χ2n) is 8.70. The first-order valence-electron chi connectivity index (χ1n) is 11.2. The zero-order valence-corrected chi connectivity index (χ0v) is 19.1. The van der Waals surface area contributed by atoms with Gasteiger partial charge in [-0.2, -0.15) is 0 Å². The summed E-state index contributed by atoms with van der Waals surface area (Å²) in [5.41, 5.74) is 0. The van der Waals surface area contributed by atoms with Gasteiger partial charge in [-0.1, -0.05) is 52.7 Å². The standard InChI is InChI=1S/C23H41NO6/c1-5-6-7-8-9-10-14-24(15-11-18(2)21(25)26,16-12-19(3)22(27)28)17-13-20(4)23(29)30/h8-9,18-20H,5-7,10-17H2,1-4H3,(H2-,25,26,27,28,29,30)/b9-8+. The lowest BCUT2D eigenvalue weighted by Gasteiger charge is -2.40. The minimum absolute atomic E-state index is 0.421. The summed E-state index contributed by atoms with van der Waals surface area (Å²) in [5, 5.41) is 29.8. The van der Waals surface area contributed by atoms with Crippen molar-refractivity contribution in [2.75, 3.05) is 26.2 Å². The fraction of sp³-hybridized carbons (Fsp3) is 0.783. The lowest BCUT2D eigenvalue weighted by Crippen LogP contribution is -2.52. The summed E-state index contributed by atoms with van der Waals surface area (Å²) < 4.78 is 0.533. The minimum Gasteiger partial charge on any atom is -0.550 e. The maximum Gasteiger partial charge on any atom is 0.306 e. The summed E-state index contributed by atoms with van der Waals surface area (Å²) in [6.07, 6.45) is 9.72. The second kappa shape index (κ2) is 15.0. The quantitative estimate of drug-likeness (QED) is 0.197. The third-order valence-corrected chi connectivity index (χ3v) is 6.02. The van der Waals surface area contributed by atoms with Crippen LogP contribution in [0, 0.1) is 17.8 Å². The number of carbonyl (C=O) groups is 3. The van der Waals surface area contributed by atoms with Gasteiger partial charge in [0, 0.05) is 37.6 Å². The molecule has 30 heavy (non-hydrogen) atoms. The van der Waals surface area contributed by atoms with Crippen molar-refractivity contribution in [1.29, 1.82) is 0 Å². The summed E-state index contributed by atoms with van der Waals surface area (Å²) >= 11 is 0. The maximum atomic E-state index is 11.3. The summed E-state index contributed by atoms with van der Waals surface area (Å²) in [5.74, 6) is -4.40. The fourth-order valence-corrected chi connectivity index (χ4v) is 3.34. The largest absolute Gasteiger partial charge is 0.550 e. The molecule has 0 aromatic rings. The lowest BCUT2D eigenvalue weighted by molar-refractivity contribution is -0.929. The Bertz CT molecular complexity index is 500. The van der Waals surface area contributed by atoms with Crippen molar-refractivity contribution in [3.63, 3.8) is 0 Å². The Kier molecular flexibility index (Phi) is 14.0. The molecule has 7 nitrogen and oxygen atoms in total. The molecule has 0 saturated heterocycles. The zero-order chi connectivity index (χ0) is 23.2. The molecule has 7 heteroatoms. The molecule has 3 atom stereocenters. The summed E-state index contributed by atoms with van der Waals surface area (Å²) in [4.78, 5) is 33.8. The van der Waals surface area contributed by atoms with Crippen LogP contribution in [0.25, 0.3) is 0 Å². The lowest BCUT2D eigenvalue weighted by atomic mass is 10.0. The third-order valence-electron chi connectivity index (χ3n) is 6.02. The highest BCUT2D eigenvalue weighted by Crippen LogP contribution is 2.20. The molecule has 0 aromatic carbocycles. The van der Waals surface area contributed by atoms with Gasteiger partial charge in [-0.05, 0) is 6.42 Å². The first-order valence-corrected chi connectivity index (χ1v) is 11.2. The summed E-state index contributed by atoms with van der Waals surface area (Å²) in [6, 6.07) is 0. The Morgan fingerprint density at radius 2 is 1.23 bits per heavy atom. The van der Waals surface area contributed by atoms with Crippen molar-refractivity contribution < 1.29 is 34.2 Å². The van der Waals surface area contributed by atoms with Crippen molar-refractivity contribution in [2.45, 2.75) is 72.6 Å². The Labute approximate surface area is 181 Å². The SMILES string of the molecule is CCCC/C=C/CC[N+](CCC(C)C(=O)[O-])(CCC(C)C(=O)O)CCC(C)C(=O)O. The maximum absolute atomic E-state index is 11.3. The highest BCUT2D eigenvalue weighted by Gasteiger charge is 2.30. The van der Waals surface area contributed by atoms with Crippen LogP contribution in [0.2, 0.25) is 0 Å². The number of rotatable bonds is 18. The van der Waals surface area contributed by atoms with Crippen LogP contribution in [0.4, 0.5) is 0 Å². The Morgan fingerprint density at radius 1 is 0.800 bits per heavy atom. The van der Waals surface area contributed by atoms with Crippen molar-refractivity contribution in [2.24, 2.45) is 17.8 Å². The van der Waals surface area contributed by atoms with Crippen LogP contribution >= 0.6 is 0 Å². The van der Waals surface area contributed by atoms with Gasteiger partial charge in [0.05, 0.1) is 38.0 Å². The van der Waals surface area contributed by atoms with Gasteiger partial charge in [0.15, 0.2) is 0 Å². The van der Waals surface area contributed by atoms with E-state index in [0.29, 0.717) is 43.4 Å². The monoisotopic (exact) mass is 427 g/mol. The van der Waals surface area contributed by atoms with Crippen molar-refractivity contribution in [3.8, 4) is 0 Å². The number of allylic oxidation sites excluding steroid dienone is 1. The molecule has 0 heterocycles. The predicted molar refractivity (Wildman–Crippen MR) is 115 cm³/mol. The van der Waals surface area contributed by atoms with Gasteiger partial charge in [0.2, 0.25) is 0 Å². The summed E-state index contributed by atoms with van der Waals surface area (Å²) in [7, 11) is 0. The summed E-state index contributed by atoms with van der Waals surface area (Å²) in [6.45, 7) is 9.58. The molecule has 2 N–H and O–H groups in total. The molecule has 0 spiro atoms. The van der Waals surface area contributed by atoms with Crippen LogP contribution in [0.3, 0.4) is 0 Å². The number of hydrogen-bond acceptors (Lipinski definition) is 4. The highest BCUT2D eigenvalue weighted by molar-refractivity contribution is 5.69. The van der Waals surface area contributed by atoms with E-state index in [9.17, 15) is 29.7 Å². The predicted octanol–water partition coefficient (Wildman–Crippen LogP) is 2.94. The molecule has 0 saturated carbocycles. The third kappa shape index (κ3) is 12.0. The van der Waals surface area contributed by atoms with Crippen LogP contribution in [-0.4, -0.2) is 58.8 Å². The van der Waals surface area contributed by atoms with E-state index in [2.05, 4.69) is 19.1 Å². The van der Waals surface area contributed by atoms with E-state index in [1.165, 1.54) is 0 Å². The molecule has 174 valence electrons. The van der Waals surface area contributed by atoms with Crippen molar-refractivity contribution >= 4 is 17.9 Å². The molecule has 0 bridgehead atoms. The molecule has 0 radical (unpaired) electrons. The number of unbranched alkanes of at least 4 members (excludes halogenated alkanes) is 2. The van der Waals surface area contributed by atoms with E-state index in [0.717, 1.165) is 32.2 Å². The molecule has 0 aromatic heterocycles. The van der Waals surface area contributed by atoms with Gasteiger partial charge in [-0.3, -0.25) is 9.59 Å². The Morgan fingerprint density at radius 3 is 1.63 bits per heavy atom. The molecule has 0 rings (SSSR count). The van der Waals surface area contributed by atoms with Gasteiger partial charge >= 0.3 is 11.9 Å². The molecule has 0 aliphatic rings. The Hall–Kier alpha value is -1.89. The number of carbonyl (C=O) groups excluding carboxylic acids is 1. The van der Waals surface area contributed by atoms with Gasteiger partial charge in [0.25, 0.3) is 0 Å². The van der Waals surface area contributed by atoms with Gasteiger partial charge < -0.3 is 24.6 Å². The molecule has 0 aliphatic carbocycles. The highest BCUT2D eigenvalue weighted by atomic mass is 16.4. The number of quaternary nitrogens is 1. The zero-order valence-electron chi connectivity index (χ0n) is 19.1. The Balaban J connectivity index is 5.42. The molecular formula is C23H41NO6.